The second-order valence-electron chi connectivity index (χ2n) is 4.16. The summed E-state index contributed by atoms with van der Waals surface area (Å²) < 4.78 is 4.84. The van der Waals surface area contributed by atoms with Crippen molar-refractivity contribution in [3.05, 3.63) is 33.9 Å². The Labute approximate surface area is 117 Å². The molecule has 1 aromatic rings. The van der Waals surface area contributed by atoms with Crippen molar-refractivity contribution in [2.75, 3.05) is 32.1 Å². The van der Waals surface area contributed by atoms with Gasteiger partial charge in [0.15, 0.2) is 0 Å². The number of rotatable bonds is 8. The van der Waals surface area contributed by atoms with Crippen LogP contribution in [0.2, 0.25) is 0 Å². The molecule has 0 atom stereocenters. The predicted molar refractivity (Wildman–Crippen MR) is 76.1 cm³/mol. The van der Waals surface area contributed by atoms with Crippen molar-refractivity contribution < 1.29 is 14.5 Å². The van der Waals surface area contributed by atoms with E-state index in [0.29, 0.717) is 30.9 Å². The van der Waals surface area contributed by atoms with Crippen LogP contribution in [-0.2, 0) is 4.74 Å². The van der Waals surface area contributed by atoms with Crippen molar-refractivity contribution in [2.45, 2.75) is 13.3 Å². The zero-order chi connectivity index (χ0) is 15.0. The molecule has 1 rings (SSSR count). The molecule has 2 N–H and O–H groups in total. The summed E-state index contributed by atoms with van der Waals surface area (Å²) in [5.41, 5.74) is 0.702. The van der Waals surface area contributed by atoms with Crippen LogP contribution in [0.1, 0.15) is 23.7 Å². The van der Waals surface area contributed by atoms with Crippen LogP contribution in [-0.4, -0.2) is 37.6 Å². The van der Waals surface area contributed by atoms with E-state index in [0.717, 1.165) is 6.42 Å². The van der Waals surface area contributed by atoms with Crippen LogP contribution in [0.4, 0.5) is 11.4 Å². The van der Waals surface area contributed by atoms with Crippen molar-refractivity contribution in [3.8, 4) is 0 Å². The number of amides is 1. The number of hydrogen-bond donors (Lipinski definition) is 2. The van der Waals surface area contributed by atoms with E-state index in [2.05, 4.69) is 10.6 Å². The van der Waals surface area contributed by atoms with Crippen molar-refractivity contribution in [1.29, 1.82) is 0 Å². The van der Waals surface area contributed by atoms with Gasteiger partial charge >= 0.3 is 0 Å². The second kappa shape index (κ2) is 8.11. The van der Waals surface area contributed by atoms with E-state index in [-0.39, 0.29) is 11.6 Å². The fourth-order valence-corrected chi connectivity index (χ4v) is 1.61. The summed E-state index contributed by atoms with van der Waals surface area (Å²) in [7, 11) is 1.55. The molecule has 7 nitrogen and oxygen atoms in total. The van der Waals surface area contributed by atoms with Gasteiger partial charge in [-0.15, -0.1) is 0 Å². The summed E-state index contributed by atoms with van der Waals surface area (Å²) in [5.74, 6) is -0.281. The van der Waals surface area contributed by atoms with Crippen molar-refractivity contribution >= 4 is 17.3 Å². The summed E-state index contributed by atoms with van der Waals surface area (Å²) >= 11 is 0. The molecule has 0 aromatic heterocycles. The van der Waals surface area contributed by atoms with Crippen LogP contribution in [0.3, 0.4) is 0 Å². The highest BCUT2D eigenvalue weighted by Crippen LogP contribution is 2.25. The van der Waals surface area contributed by atoms with E-state index in [9.17, 15) is 14.9 Å². The number of methoxy groups -OCH3 is 1. The minimum Gasteiger partial charge on any atom is -0.383 e. The highest BCUT2D eigenvalue weighted by Gasteiger charge is 2.16. The van der Waals surface area contributed by atoms with Gasteiger partial charge in [0.25, 0.3) is 11.6 Å². The summed E-state index contributed by atoms with van der Waals surface area (Å²) in [4.78, 5) is 22.3. The first-order chi connectivity index (χ1) is 9.60. The Morgan fingerprint density at radius 1 is 1.40 bits per heavy atom. The fraction of sp³-hybridized carbons (Fsp3) is 0.462. The zero-order valence-electron chi connectivity index (χ0n) is 11.6. The van der Waals surface area contributed by atoms with E-state index in [1.54, 1.807) is 7.11 Å². The average molecular weight is 281 g/mol. The van der Waals surface area contributed by atoms with Gasteiger partial charge in [-0.3, -0.25) is 14.9 Å². The quantitative estimate of drug-likeness (QED) is 0.430. The summed E-state index contributed by atoms with van der Waals surface area (Å²) in [6, 6.07) is 4.27. The molecule has 0 unspecified atom stereocenters. The molecular formula is C13H19N3O4. The number of nitrogens with one attached hydrogen (secondary N) is 2. The normalized spacial score (nSPS) is 10.1. The van der Waals surface area contributed by atoms with Gasteiger partial charge < -0.3 is 15.4 Å². The van der Waals surface area contributed by atoms with Crippen LogP contribution in [0.25, 0.3) is 0 Å². The maximum atomic E-state index is 11.9. The first kappa shape index (κ1) is 15.9. The third-order valence-electron chi connectivity index (χ3n) is 2.61. The topological polar surface area (TPSA) is 93.5 Å². The molecule has 0 radical (unpaired) electrons. The summed E-state index contributed by atoms with van der Waals surface area (Å²) in [6.07, 6.45) is 0.835. The molecule has 1 amide bonds. The predicted octanol–water partition coefficient (Wildman–Crippen LogP) is 1.79. The smallest absolute Gasteiger partial charge is 0.292 e. The third kappa shape index (κ3) is 4.51. The molecule has 20 heavy (non-hydrogen) atoms. The summed E-state index contributed by atoms with van der Waals surface area (Å²) in [5, 5.41) is 16.6. The Bertz CT molecular complexity index is 477. The Morgan fingerprint density at radius 3 is 2.75 bits per heavy atom. The molecule has 0 saturated carbocycles. The molecule has 0 saturated heterocycles. The van der Waals surface area contributed by atoms with E-state index < -0.39 is 4.92 Å². The lowest BCUT2D eigenvalue weighted by Crippen LogP contribution is -2.27. The van der Waals surface area contributed by atoms with Gasteiger partial charge in [0.1, 0.15) is 5.69 Å². The lowest BCUT2D eigenvalue weighted by Gasteiger charge is -2.09. The molecule has 0 aliphatic carbocycles. The van der Waals surface area contributed by atoms with Crippen LogP contribution in [0.15, 0.2) is 18.2 Å². The number of nitro benzene ring substituents is 1. The number of benzene rings is 1. The van der Waals surface area contributed by atoms with E-state index >= 15 is 0 Å². The third-order valence-corrected chi connectivity index (χ3v) is 2.61. The lowest BCUT2D eigenvalue weighted by molar-refractivity contribution is -0.384. The molecule has 7 heteroatoms. The van der Waals surface area contributed by atoms with Crippen LogP contribution < -0.4 is 10.6 Å². The number of nitro groups is 1. The van der Waals surface area contributed by atoms with Gasteiger partial charge in [-0.25, -0.2) is 0 Å². The highest BCUT2D eigenvalue weighted by molar-refractivity contribution is 5.95. The highest BCUT2D eigenvalue weighted by atomic mass is 16.6. The van der Waals surface area contributed by atoms with Crippen LogP contribution >= 0.6 is 0 Å². The number of carbonyl (C=O) groups excluding carboxylic acids is 1. The van der Waals surface area contributed by atoms with Gasteiger partial charge in [0.2, 0.25) is 0 Å². The maximum Gasteiger partial charge on any atom is 0.292 e. The van der Waals surface area contributed by atoms with Crippen molar-refractivity contribution in [2.24, 2.45) is 0 Å². The van der Waals surface area contributed by atoms with Gasteiger partial charge in [-0.1, -0.05) is 6.92 Å². The largest absolute Gasteiger partial charge is 0.383 e. The average Bonchev–Trinajstić information content (AvgIpc) is 2.44. The SMILES string of the molecule is CCCNc1cc(C(=O)NCCOC)ccc1[N+](=O)[O-]. The first-order valence-corrected chi connectivity index (χ1v) is 6.39. The molecule has 1 aromatic carbocycles. The first-order valence-electron chi connectivity index (χ1n) is 6.39. The molecule has 0 heterocycles. The number of carbonyl (C=O) groups is 1. The molecule has 0 spiro atoms. The van der Waals surface area contributed by atoms with Gasteiger partial charge in [0.05, 0.1) is 11.5 Å². The number of ether oxygens (including phenoxy) is 1. The van der Waals surface area contributed by atoms with Crippen molar-refractivity contribution in [1.82, 2.24) is 5.32 Å². The standard InChI is InChI=1S/C13H19N3O4/c1-3-6-14-11-9-10(4-5-12(11)16(18)19)13(17)15-7-8-20-2/h4-5,9,14H,3,6-8H2,1-2H3,(H,15,17). The molecule has 110 valence electrons. The van der Waals surface area contributed by atoms with Crippen molar-refractivity contribution in [3.63, 3.8) is 0 Å². The second-order valence-corrected chi connectivity index (χ2v) is 4.16. The Kier molecular flexibility index (Phi) is 6.45. The monoisotopic (exact) mass is 281 g/mol. The van der Waals surface area contributed by atoms with Crippen LogP contribution in [0.5, 0.6) is 0 Å². The minimum atomic E-state index is -0.468. The Morgan fingerprint density at radius 2 is 2.15 bits per heavy atom. The Hall–Kier alpha value is -2.15. The van der Waals surface area contributed by atoms with Gasteiger partial charge in [0, 0.05) is 31.8 Å². The Balaban J connectivity index is 2.87. The van der Waals surface area contributed by atoms with E-state index in [1.807, 2.05) is 6.92 Å². The molecule has 0 aliphatic heterocycles. The molecule has 0 bridgehead atoms. The number of hydrogen-bond acceptors (Lipinski definition) is 5. The number of nitrogens with zero attached hydrogens (tertiary/aromatic N) is 1. The maximum absolute atomic E-state index is 11.9. The zero-order valence-corrected chi connectivity index (χ0v) is 11.6. The van der Waals surface area contributed by atoms with Crippen LogP contribution in [0, 0.1) is 10.1 Å². The lowest BCUT2D eigenvalue weighted by atomic mass is 10.1. The summed E-state index contributed by atoms with van der Waals surface area (Å²) in [6.45, 7) is 3.37. The van der Waals surface area contributed by atoms with E-state index in [4.69, 9.17) is 4.74 Å². The molecule has 0 fully saturated rings. The molecular weight excluding hydrogens is 262 g/mol. The number of anilines is 1. The van der Waals surface area contributed by atoms with Gasteiger partial charge in [-0.05, 0) is 18.6 Å². The molecule has 0 aliphatic rings. The minimum absolute atomic E-state index is 0.0353. The van der Waals surface area contributed by atoms with E-state index in [1.165, 1.54) is 18.2 Å². The fourth-order valence-electron chi connectivity index (χ4n) is 1.61. The van der Waals surface area contributed by atoms with Gasteiger partial charge in [-0.2, -0.15) is 0 Å².